The predicted molar refractivity (Wildman–Crippen MR) is 78.8 cm³/mol. The van der Waals surface area contributed by atoms with Crippen LogP contribution >= 0.6 is 11.8 Å². The molecule has 0 heterocycles. The quantitative estimate of drug-likeness (QED) is 0.622. The highest BCUT2D eigenvalue weighted by atomic mass is 32.2. The van der Waals surface area contributed by atoms with Gasteiger partial charge in [-0.3, -0.25) is 10.6 Å². The number of carbonyl (C=O) groups is 1. The van der Waals surface area contributed by atoms with Crippen molar-refractivity contribution in [2.24, 2.45) is 5.84 Å². The monoisotopic (exact) mass is 285 g/mol. The van der Waals surface area contributed by atoms with E-state index in [2.05, 4.69) is 5.43 Å². The third-order valence-electron chi connectivity index (χ3n) is 3.09. The van der Waals surface area contributed by atoms with E-state index in [1.54, 1.807) is 29.8 Å². The molecule has 1 aromatic rings. The molecule has 0 aliphatic carbocycles. The van der Waals surface area contributed by atoms with Crippen LogP contribution in [0, 0.1) is 5.82 Å². The molecule has 1 rings (SSSR count). The summed E-state index contributed by atoms with van der Waals surface area (Å²) in [4.78, 5) is 14.1. The third kappa shape index (κ3) is 3.61. The molecule has 1 atom stereocenters. The van der Waals surface area contributed by atoms with Gasteiger partial charge in [0, 0.05) is 18.8 Å². The number of rotatable bonds is 6. The molecule has 1 unspecified atom stereocenters. The van der Waals surface area contributed by atoms with Crippen LogP contribution in [0.1, 0.15) is 23.7 Å². The average Bonchev–Trinajstić information content (AvgIpc) is 2.42. The fourth-order valence-electron chi connectivity index (χ4n) is 1.90. The van der Waals surface area contributed by atoms with Gasteiger partial charge in [-0.1, -0.05) is 13.0 Å². The van der Waals surface area contributed by atoms with E-state index in [-0.39, 0.29) is 23.2 Å². The van der Waals surface area contributed by atoms with E-state index in [0.29, 0.717) is 0 Å². The second-order valence-corrected chi connectivity index (χ2v) is 5.15. The Balaban J connectivity index is 3.02. The number of hydrogen-bond donors (Lipinski definition) is 2. The lowest BCUT2D eigenvalue weighted by Gasteiger charge is -2.27. The first-order valence-corrected chi connectivity index (χ1v) is 7.47. The summed E-state index contributed by atoms with van der Waals surface area (Å²) >= 11 is 1.68. The minimum atomic E-state index is -0.528. The first kappa shape index (κ1) is 15.8. The zero-order valence-corrected chi connectivity index (χ0v) is 12.3. The average molecular weight is 285 g/mol. The second kappa shape index (κ2) is 7.35. The zero-order valence-electron chi connectivity index (χ0n) is 11.4. The van der Waals surface area contributed by atoms with Gasteiger partial charge in [0.05, 0.1) is 11.3 Å². The molecule has 0 saturated heterocycles. The minimum Gasteiger partial charge on any atom is -0.338 e. The SMILES string of the molecule is CCC(CSC)N(C)C(=O)c1cccc(F)c1NN. The van der Waals surface area contributed by atoms with E-state index in [0.717, 1.165) is 12.2 Å². The van der Waals surface area contributed by atoms with E-state index < -0.39 is 5.82 Å². The molecule has 0 saturated carbocycles. The van der Waals surface area contributed by atoms with Crippen LogP contribution in [0.15, 0.2) is 18.2 Å². The van der Waals surface area contributed by atoms with Gasteiger partial charge in [-0.15, -0.1) is 0 Å². The Kier molecular flexibility index (Phi) is 6.11. The summed E-state index contributed by atoms with van der Waals surface area (Å²) in [5, 5.41) is 0. The van der Waals surface area contributed by atoms with Crippen LogP contribution in [0.3, 0.4) is 0 Å². The number of hydrogen-bond acceptors (Lipinski definition) is 4. The van der Waals surface area contributed by atoms with Gasteiger partial charge < -0.3 is 10.3 Å². The number of benzene rings is 1. The van der Waals surface area contributed by atoms with Gasteiger partial charge in [0.1, 0.15) is 5.82 Å². The summed E-state index contributed by atoms with van der Waals surface area (Å²) in [5.74, 6) is 5.38. The van der Waals surface area contributed by atoms with Gasteiger partial charge in [-0.2, -0.15) is 11.8 Å². The standard InChI is InChI=1S/C13H20FN3OS/c1-4-9(8-19-3)17(2)13(18)10-6-5-7-11(14)12(10)16-15/h5-7,9,16H,4,8,15H2,1-3H3. The Morgan fingerprint density at radius 3 is 2.79 bits per heavy atom. The second-order valence-electron chi connectivity index (χ2n) is 4.24. The van der Waals surface area contributed by atoms with Crippen LogP contribution in [-0.2, 0) is 0 Å². The minimum absolute atomic E-state index is 0.0401. The first-order chi connectivity index (χ1) is 9.06. The van der Waals surface area contributed by atoms with E-state index in [1.165, 1.54) is 12.1 Å². The molecule has 0 aliphatic heterocycles. The lowest BCUT2D eigenvalue weighted by atomic mass is 10.1. The maximum absolute atomic E-state index is 13.6. The molecule has 0 bridgehead atoms. The normalized spacial score (nSPS) is 12.1. The van der Waals surface area contributed by atoms with Crippen LogP contribution in [-0.4, -0.2) is 35.9 Å². The van der Waals surface area contributed by atoms with Crippen molar-refractivity contribution in [3.8, 4) is 0 Å². The number of amides is 1. The molecular weight excluding hydrogens is 265 g/mol. The lowest BCUT2D eigenvalue weighted by molar-refractivity contribution is 0.0744. The van der Waals surface area contributed by atoms with Crippen molar-refractivity contribution in [1.82, 2.24) is 4.90 Å². The molecule has 6 heteroatoms. The van der Waals surface area contributed by atoms with Crippen molar-refractivity contribution in [2.75, 3.05) is 24.5 Å². The Hall–Kier alpha value is -1.27. The molecule has 4 nitrogen and oxygen atoms in total. The maximum Gasteiger partial charge on any atom is 0.256 e. The van der Waals surface area contributed by atoms with E-state index in [4.69, 9.17) is 5.84 Å². The summed E-state index contributed by atoms with van der Waals surface area (Å²) in [6.45, 7) is 2.03. The van der Waals surface area contributed by atoms with Gasteiger partial charge in [-0.05, 0) is 24.8 Å². The number of thioether (sulfide) groups is 1. The van der Waals surface area contributed by atoms with Crippen molar-refractivity contribution in [3.63, 3.8) is 0 Å². The summed E-state index contributed by atoms with van der Waals surface area (Å²) < 4.78 is 13.6. The highest BCUT2D eigenvalue weighted by Gasteiger charge is 2.22. The van der Waals surface area contributed by atoms with Gasteiger partial charge in [0.15, 0.2) is 0 Å². The topological polar surface area (TPSA) is 58.4 Å². The number of para-hydroxylation sites is 1. The van der Waals surface area contributed by atoms with Gasteiger partial charge in [-0.25, -0.2) is 4.39 Å². The fourth-order valence-corrected chi connectivity index (χ4v) is 2.74. The summed E-state index contributed by atoms with van der Waals surface area (Å²) in [5.41, 5.74) is 2.56. The molecule has 1 amide bonds. The smallest absolute Gasteiger partial charge is 0.256 e. The van der Waals surface area contributed by atoms with Crippen LogP contribution in [0.25, 0.3) is 0 Å². The van der Waals surface area contributed by atoms with Gasteiger partial charge in [0.2, 0.25) is 0 Å². The molecule has 1 aromatic carbocycles. The van der Waals surface area contributed by atoms with Crippen LogP contribution < -0.4 is 11.3 Å². The Labute approximate surface area is 117 Å². The molecule has 3 N–H and O–H groups in total. The molecule has 106 valence electrons. The maximum atomic E-state index is 13.6. The van der Waals surface area contributed by atoms with Crippen molar-refractivity contribution in [3.05, 3.63) is 29.6 Å². The summed E-state index contributed by atoms with van der Waals surface area (Å²) in [6.07, 6.45) is 2.85. The summed E-state index contributed by atoms with van der Waals surface area (Å²) in [6, 6.07) is 4.47. The van der Waals surface area contributed by atoms with Crippen molar-refractivity contribution in [1.29, 1.82) is 0 Å². The van der Waals surface area contributed by atoms with E-state index in [1.807, 2.05) is 13.2 Å². The number of hydrazine groups is 1. The molecule has 0 fully saturated rings. The Bertz CT molecular complexity index is 442. The van der Waals surface area contributed by atoms with Gasteiger partial charge >= 0.3 is 0 Å². The van der Waals surface area contributed by atoms with Gasteiger partial charge in [0.25, 0.3) is 5.91 Å². The number of nitrogen functional groups attached to an aromatic ring is 1. The molecule has 0 aliphatic rings. The molecular formula is C13H20FN3OS. The van der Waals surface area contributed by atoms with E-state index in [9.17, 15) is 9.18 Å². The largest absolute Gasteiger partial charge is 0.338 e. The number of anilines is 1. The predicted octanol–water partition coefficient (Wildman–Crippen LogP) is 2.32. The van der Waals surface area contributed by atoms with Crippen LogP contribution in [0.4, 0.5) is 10.1 Å². The molecule has 0 radical (unpaired) electrons. The Morgan fingerprint density at radius 1 is 1.58 bits per heavy atom. The first-order valence-electron chi connectivity index (χ1n) is 6.08. The number of halogens is 1. The van der Waals surface area contributed by atoms with Crippen LogP contribution in [0.5, 0.6) is 0 Å². The number of nitrogens with two attached hydrogens (primary N) is 1. The number of carbonyl (C=O) groups excluding carboxylic acids is 1. The number of nitrogens with zero attached hydrogens (tertiary/aromatic N) is 1. The van der Waals surface area contributed by atoms with Crippen molar-refractivity contribution >= 4 is 23.4 Å². The lowest BCUT2D eigenvalue weighted by Crippen LogP contribution is -2.38. The number of nitrogens with one attached hydrogen (secondary N) is 1. The van der Waals surface area contributed by atoms with Crippen molar-refractivity contribution < 1.29 is 9.18 Å². The molecule has 0 spiro atoms. The third-order valence-corrected chi connectivity index (χ3v) is 3.80. The highest BCUT2D eigenvalue weighted by Crippen LogP contribution is 2.21. The van der Waals surface area contributed by atoms with Crippen LogP contribution in [0.2, 0.25) is 0 Å². The fraction of sp³-hybridized carbons (Fsp3) is 0.462. The molecule has 19 heavy (non-hydrogen) atoms. The highest BCUT2D eigenvalue weighted by molar-refractivity contribution is 7.98. The van der Waals surface area contributed by atoms with Crippen molar-refractivity contribution in [2.45, 2.75) is 19.4 Å². The van der Waals surface area contributed by atoms with E-state index >= 15 is 0 Å². The molecule has 0 aromatic heterocycles. The Morgan fingerprint density at radius 2 is 2.26 bits per heavy atom. The zero-order chi connectivity index (χ0) is 14.4. The summed E-state index contributed by atoms with van der Waals surface area (Å²) in [7, 11) is 1.73.